The molecule has 5 N–H and O–H groups in total. The number of hydrogen-bond donors (Lipinski definition) is 5. The molecule has 0 radical (unpaired) electrons. The van der Waals surface area contributed by atoms with Crippen LogP contribution in [0.3, 0.4) is 0 Å². The summed E-state index contributed by atoms with van der Waals surface area (Å²) < 4.78 is 0. The molecule has 308 valence electrons. The highest BCUT2D eigenvalue weighted by Gasteiger charge is 2.52. The van der Waals surface area contributed by atoms with E-state index in [1.54, 1.807) is 37.3 Å². The molecule has 5 amide bonds. The number of aliphatic carboxylic acids is 1. The molecule has 2 unspecified atom stereocenters. The van der Waals surface area contributed by atoms with Crippen molar-refractivity contribution in [1.29, 1.82) is 0 Å². The smallest absolute Gasteiger partial charge is 0.326 e. The van der Waals surface area contributed by atoms with E-state index in [1.165, 1.54) is 23.5 Å². The molecular formula is C42H57N7O8. The predicted molar refractivity (Wildman–Crippen MR) is 209 cm³/mol. The number of carboxylic acid groups (broad SMARTS) is 1. The molecule has 1 saturated heterocycles. The molecule has 3 aliphatic rings. The minimum absolute atomic E-state index is 0.0280. The number of likely N-dealkylation sites (tertiary alicyclic amines) is 1. The van der Waals surface area contributed by atoms with E-state index in [0.29, 0.717) is 18.4 Å². The summed E-state index contributed by atoms with van der Waals surface area (Å²) in [5.41, 5.74) is -0.0797. The second kappa shape index (κ2) is 19.3. The zero-order valence-electron chi connectivity index (χ0n) is 33.4. The first-order valence-corrected chi connectivity index (χ1v) is 20.3. The van der Waals surface area contributed by atoms with Gasteiger partial charge in [-0.2, -0.15) is 0 Å². The molecule has 0 bridgehead atoms. The fourth-order valence-electron chi connectivity index (χ4n) is 8.66. The maximum Gasteiger partial charge on any atom is 0.326 e. The molecular weight excluding hydrogens is 731 g/mol. The third kappa shape index (κ3) is 10.8. The summed E-state index contributed by atoms with van der Waals surface area (Å²) in [5.74, 6) is -5.79. The summed E-state index contributed by atoms with van der Waals surface area (Å²) in [4.78, 5) is 105. The van der Waals surface area contributed by atoms with E-state index in [1.807, 2.05) is 20.8 Å². The van der Waals surface area contributed by atoms with E-state index in [-0.39, 0.29) is 42.8 Å². The Labute approximate surface area is 333 Å². The van der Waals surface area contributed by atoms with Gasteiger partial charge >= 0.3 is 5.97 Å². The number of carboxylic acids is 1. The van der Waals surface area contributed by atoms with Crippen LogP contribution in [0.4, 0.5) is 0 Å². The Hall–Kier alpha value is -5.21. The molecule has 57 heavy (non-hydrogen) atoms. The Morgan fingerprint density at radius 2 is 1.58 bits per heavy atom. The number of hydrogen-bond acceptors (Lipinski definition) is 9. The summed E-state index contributed by atoms with van der Waals surface area (Å²) in [6, 6.07) is 3.12. The number of benzene rings is 1. The van der Waals surface area contributed by atoms with Crippen LogP contribution in [0, 0.1) is 23.2 Å². The van der Waals surface area contributed by atoms with Crippen molar-refractivity contribution in [1.82, 2.24) is 36.1 Å². The van der Waals surface area contributed by atoms with Crippen LogP contribution < -0.4 is 21.3 Å². The first kappa shape index (κ1) is 42.9. The Balaban J connectivity index is 1.34. The molecule has 2 saturated carbocycles. The number of nitrogens with one attached hydrogen (secondary N) is 4. The first-order chi connectivity index (χ1) is 27.2. The van der Waals surface area contributed by atoms with Crippen molar-refractivity contribution in [2.45, 2.75) is 129 Å². The van der Waals surface area contributed by atoms with E-state index in [9.17, 15) is 38.7 Å². The number of aromatic nitrogens is 2. The van der Waals surface area contributed by atoms with E-state index >= 15 is 0 Å². The average molecular weight is 788 g/mol. The summed E-state index contributed by atoms with van der Waals surface area (Å²) in [6.07, 6.45) is 11.3. The third-order valence-electron chi connectivity index (χ3n) is 11.6. The minimum Gasteiger partial charge on any atom is -0.480 e. The van der Waals surface area contributed by atoms with Crippen molar-refractivity contribution in [3.8, 4) is 0 Å². The van der Waals surface area contributed by atoms with Gasteiger partial charge in [-0.3, -0.25) is 33.8 Å². The maximum absolute atomic E-state index is 14.7. The van der Waals surface area contributed by atoms with Crippen LogP contribution in [0.15, 0.2) is 48.9 Å². The van der Waals surface area contributed by atoms with Crippen LogP contribution in [0.1, 0.15) is 108 Å². The van der Waals surface area contributed by atoms with Crippen LogP contribution in [0.5, 0.6) is 0 Å². The average Bonchev–Trinajstić information content (AvgIpc) is 3.80. The predicted octanol–water partition coefficient (Wildman–Crippen LogP) is 2.98. The van der Waals surface area contributed by atoms with Gasteiger partial charge in [-0.15, -0.1) is 0 Å². The van der Waals surface area contributed by atoms with Crippen LogP contribution >= 0.6 is 0 Å². The van der Waals surface area contributed by atoms with Gasteiger partial charge in [-0.25, -0.2) is 9.78 Å². The van der Waals surface area contributed by atoms with Crippen molar-refractivity contribution >= 4 is 41.3 Å². The highest BCUT2D eigenvalue weighted by molar-refractivity contribution is 6.38. The molecule has 0 spiro atoms. The number of carbonyl (C=O) groups excluding carboxylic acids is 6. The molecule has 15 heteroatoms. The molecule has 2 aliphatic carbocycles. The number of amides is 5. The van der Waals surface area contributed by atoms with Crippen LogP contribution in [0.25, 0.3) is 0 Å². The van der Waals surface area contributed by atoms with Gasteiger partial charge in [0, 0.05) is 25.4 Å². The summed E-state index contributed by atoms with van der Waals surface area (Å²) in [5, 5.41) is 20.8. The second-order valence-corrected chi connectivity index (χ2v) is 16.8. The number of Topliss-reactive ketones (excluding diaryl/α,β-unsaturated/α-hetero) is 1. The zero-order chi connectivity index (χ0) is 41.3. The van der Waals surface area contributed by atoms with Gasteiger partial charge in [0.25, 0.3) is 11.8 Å². The van der Waals surface area contributed by atoms with Crippen molar-refractivity contribution in [2.24, 2.45) is 23.2 Å². The largest absolute Gasteiger partial charge is 0.480 e. The number of ketones is 1. The Bertz CT molecular complexity index is 1760. The molecule has 5 rings (SSSR count). The van der Waals surface area contributed by atoms with Crippen molar-refractivity contribution in [3.05, 3.63) is 60.2 Å². The van der Waals surface area contributed by atoms with E-state index in [4.69, 9.17) is 0 Å². The molecule has 15 nitrogen and oxygen atoms in total. The van der Waals surface area contributed by atoms with Crippen molar-refractivity contribution in [2.75, 3.05) is 6.54 Å². The topological polar surface area (TPSA) is 217 Å². The summed E-state index contributed by atoms with van der Waals surface area (Å²) in [6.45, 7) is 7.56. The fourth-order valence-corrected chi connectivity index (χ4v) is 8.66. The maximum atomic E-state index is 14.7. The highest BCUT2D eigenvalue weighted by atomic mass is 16.4. The van der Waals surface area contributed by atoms with Gasteiger partial charge in [0.05, 0.1) is 12.2 Å². The van der Waals surface area contributed by atoms with Gasteiger partial charge in [0.1, 0.15) is 29.9 Å². The highest BCUT2D eigenvalue weighted by Crippen LogP contribution is 2.43. The fraction of sp³-hybridized carbons (Fsp3) is 0.595. The van der Waals surface area contributed by atoms with Gasteiger partial charge in [0.2, 0.25) is 23.5 Å². The molecule has 1 aromatic heterocycles. The number of fused-ring (bicyclic) bond motifs is 1. The lowest BCUT2D eigenvalue weighted by molar-refractivity contribution is -0.147. The standard InChI is InChI=1S/C42H57N7O8/c1-5-13-29(34(50)39(54)46-30(41(56)57)22-25-14-8-6-9-15-25)45-38(53)33-28-19-12-18-27(28)24-49(33)40(55)35(42(2,3)4)48-37(52)32(26-16-10-7-11-17-26)47-36(51)31-23-43-20-21-44-31/h6,8-9,14-15,20-21,23,26-30,32-33,35H,5,7,10-13,16-19,22,24H2,1-4H3,(H,45,53)(H,46,54)(H,47,51)(H,48,52)(H,56,57)/t27-,28-,29?,30-,32+,33?,35+/m0/s1. The summed E-state index contributed by atoms with van der Waals surface area (Å²) in [7, 11) is 0. The monoisotopic (exact) mass is 787 g/mol. The molecule has 7 atom stereocenters. The van der Waals surface area contributed by atoms with Gasteiger partial charge < -0.3 is 31.3 Å². The SMILES string of the molecule is CCCC(NC(=O)C1[C@H]2CCC[C@H]2CN1C(=O)[C@@H](NC(=O)[C@H](NC(=O)c1cnccn1)C1CCCCC1)C(C)(C)C)C(=O)C(=O)N[C@@H](Cc1ccccc1)C(=O)O. The minimum atomic E-state index is -1.37. The normalized spacial score (nSPS) is 21.6. The first-order valence-electron chi connectivity index (χ1n) is 20.3. The van der Waals surface area contributed by atoms with Crippen molar-refractivity contribution in [3.63, 3.8) is 0 Å². The van der Waals surface area contributed by atoms with Crippen molar-refractivity contribution < 1.29 is 38.7 Å². The Morgan fingerprint density at radius 1 is 0.860 bits per heavy atom. The molecule has 3 fully saturated rings. The lowest BCUT2D eigenvalue weighted by Gasteiger charge is -2.38. The lowest BCUT2D eigenvalue weighted by Crippen LogP contribution is -2.62. The summed E-state index contributed by atoms with van der Waals surface area (Å²) >= 11 is 0. The van der Waals surface area contributed by atoms with E-state index < -0.39 is 76.9 Å². The van der Waals surface area contributed by atoms with Gasteiger partial charge in [-0.05, 0) is 60.8 Å². The molecule has 1 aliphatic heterocycles. The second-order valence-electron chi connectivity index (χ2n) is 16.8. The quantitative estimate of drug-likeness (QED) is 0.157. The van der Waals surface area contributed by atoms with Crippen LogP contribution in [-0.2, 0) is 35.2 Å². The zero-order valence-corrected chi connectivity index (χ0v) is 33.4. The van der Waals surface area contributed by atoms with Crippen LogP contribution in [-0.4, -0.2) is 98.0 Å². The van der Waals surface area contributed by atoms with E-state index in [2.05, 4.69) is 31.2 Å². The molecule has 2 heterocycles. The van der Waals surface area contributed by atoms with Gasteiger partial charge in [0.15, 0.2) is 0 Å². The van der Waals surface area contributed by atoms with Gasteiger partial charge in [-0.1, -0.05) is 90.1 Å². The third-order valence-corrected chi connectivity index (χ3v) is 11.6. The lowest BCUT2D eigenvalue weighted by atomic mass is 9.82. The van der Waals surface area contributed by atoms with E-state index in [0.717, 1.165) is 44.9 Å². The number of rotatable bonds is 16. The Morgan fingerprint density at radius 3 is 2.21 bits per heavy atom. The van der Waals surface area contributed by atoms with Crippen LogP contribution in [0.2, 0.25) is 0 Å². The molecule has 1 aromatic carbocycles. The molecule has 2 aromatic rings. The number of nitrogens with zero attached hydrogens (tertiary/aromatic N) is 3. The number of carbonyl (C=O) groups is 7. The Kier molecular flexibility index (Phi) is 14.5.